The zero-order valence-electron chi connectivity index (χ0n) is 28.2. The zero-order valence-corrected chi connectivity index (χ0v) is 28.2. The maximum absolute atomic E-state index is 13.7. The Morgan fingerprint density at radius 3 is 2.29 bits per heavy atom. The number of Topliss-reactive ketones (excluding diaryl/α,β-unsaturated/α-hetero) is 1. The lowest BCUT2D eigenvalue weighted by molar-refractivity contribution is -0.143. The summed E-state index contributed by atoms with van der Waals surface area (Å²) in [6.07, 6.45) is 7.27. The van der Waals surface area contributed by atoms with Crippen molar-refractivity contribution in [2.24, 2.45) is 11.7 Å². The molecule has 0 bridgehead atoms. The van der Waals surface area contributed by atoms with E-state index < -0.39 is 23.9 Å². The number of imide groups is 1. The fraction of sp³-hybridized carbons (Fsp3) is 0.600. The lowest BCUT2D eigenvalue weighted by Crippen LogP contribution is -2.55. The van der Waals surface area contributed by atoms with Gasteiger partial charge in [0.25, 0.3) is 11.8 Å². The van der Waals surface area contributed by atoms with Gasteiger partial charge >= 0.3 is 0 Å². The molecule has 13 nitrogen and oxygen atoms in total. The number of rotatable bonds is 22. The van der Waals surface area contributed by atoms with Gasteiger partial charge in [0.15, 0.2) is 5.78 Å². The number of ether oxygens (including phenoxy) is 2. The van der Waals surface area contributed by atoms with E-state index in [2.05, 4.69) is 17.6 Å². The van der Waals surface area contributed by atoms with Crippen molar-refractivity contribution < 1.29 is 38.2 Å². The van der Waals surface area contributed by atoms with Gasteiger partial charge in [0.2, 0.25) is 17.7 Å². The molecule has 0 aromatic heterocycles. The van der Waals surface area contributed by atoms with Gasteiger partial charge in [-0.05, 0) is 36.8 Å². The van der Waals surface area contributed by atoms with E-state index in [9.17, 15) is 28.8 Å². The van der Waals surface area contributed by atoms with Crippen LogP contribution < -0.4 is 16.4 Å². The summed E-state index contributed by atoms with van der Waals surface area (Å²) in [6.45, 7) is 5.60. The number of nitrogens with one attached hydrogen (secondary N) is 2. The lowest BCUT2D eigenvalue weighted by Gasteiger charge is -2.39. The molecule has 5 amide bonds. The zero-order chi connectivity index (χ0) is 34.9. The van der Waals surface area contributed by atoms with Crippen molar-refractivity contribution in [3.05, 3.63) is 47.5 Å². The summed E-state index contributed by atoms with van der Waals surface area (Å²) in [6, 6.07) is 6.61. The van der Waals surface area contributed by atoms with Gasteiger partial charge in [-0.2, -0.15) is 0 Å². The number of hydrogen-bond acceptors (Lipinski definition) is 9. The molecule has 1 aromatic rings. The number of carbonyl (C=O) groups is 6. The van der Waals surface area contributed by atoms with Crippen molar-refractivity contribution in [3.63, 3.8) is 0 Å². The Labute approximate surface area is 282 Å². The predicted molar refractivity (Wildman–Crippen MR) is 178 cm³/mol. The molecule has 0 radical (unpaired) electrons. The molecule has 0 aliphatic carbocycles. The van der Waals surface area contributed by atoms with E-state index in [0.717, 1.165) is 41.7 Å². The summed E-state index contributed by atoms with van der Waals surface area (Å²) in [4.78, 5) is 76.9. The van der Waals surface area contributed by atoms with E-state index in [1.807, 2.05) is 31.2 Å². The molecule has 13 heteroatoms. The van der Waals surface area contributed by atoms with Crippen LogP contribution in [0, 0.1) is 5.92 Å². The van der Waals surface area contributed by atoms with Crippen molar-refractivity contribution in [2.75, 3.05) is 46.1 Å². The lowest BCUT2D eigenvalue weighted by atomic mass is 9.84. The first kappa shape index (κ1) is 38.5. The van der Waals surface area contributed by atoms with Crippen LogP contribution in [0.15, 0.2) is 36.4 Å². The number of nitrogens with zero attached hydrogens (tertiary/aromatic N) is 2. The summed E-state index contributed by atoms with van der Waals surface area (Å²) < 4.78 is 10.7. The van der Waals surface area contributed by atoms with Gasteiger partial charge in [-0.15, -0.1) is 0 Å². The molecule has 1 unspecified atom stereocenters. The van der Waals surface area contributed by atoms with Gasteiger partial charge in [-0.25, -0.2) is 0 Å². The van der Waals surface area contributed by atoms with E-state index in [1.54, 1.807) is 4.90 Å². The van der Waals surface area contributed by atoms with Gasteiger partial charge in [-0.1, -0.05) is 51.0 Å². The summed E-state index contributed by atoms with van der Waals surface area (Å²) >= 11 is 0. The molecule has 0 fully saturated rings. The van der Waals surface area contributed by atoms with Crippen LogP contribution >= 0.6 is 0 Å². The molecular formula is C35H51N5O8. The molecule has 2 heterocycles. The third-order valence-corrected chi connectivity index (χ3v) is 8.63. The van der Waals surface area contributed by atoms with E-state index in [-0.39, 0.29) is 75.4 Å². The maximum atomic E-state index is 13.7. The number of ketones is 1. The second-order valence-corrected chi connectivity index (χ2v) is 12.1. The van der Waals surface area contributed by atoms with Gasteiger partial charge in [0, 0.05) is 57.1 Å². The summed E-state index contributed by atoms with van der Waals surface area (Å²) in [5, 5.41) is 5.41. The summed E-state index contributed by atoms with van der Waals surface area (Å²) in [7, 11) is 0. The number of fused-ring (bicyclic) bond motifs is 1. The standard InChI is InChI=1S/C35H51N5O8/c1-3-5-9-25(4-2)34(45)29-22-26-10-6-7-11-27(26)23-40(29)35(46)28(36)12-8-16-37-31(42)24-48-21-20-47-19-17-38-30(41)15-18-39-32(43)13-14-33(39)44/h6-7,10-11,13-14,25,28-29H,3-5,8-9,12,15-24,36H2,1-2H3,(H,37,42)(H,38,41)/t25?,28-,29-/m0/s1. The van der Waals surface area contributed by atoms with Gasteiger partial charge in [-0.3, -0.25) is 33.7 Å². The Bertz CT molecular complexity index is 1280. The average molecular weight is 670 g/mol. The largest absolute Gasteiger partial charge is 0.377 e. The van der Waals surface area contributed by atoms with Crippen molar-refractivity contribution in [3.8, 4) is 0 Å². The van der Waals surface area contributed by atoms with Gasteiger partial charge in [0.05, 0.1) is 31.9 Å². The molecule has 264 valence electrons. The highest BCUT2D eigenvalue weighted by Crippen LogP contribution is 2.28. The van der Waals surface area contributed by atoms with Crippen LogP contribution in [-0.4, -0.2) is 103 Å². The van der Waals surface area contributed by atoms with Crippen LogP contribution in [0.25, 0.3) is 0 Å². The number of nitrogens with two attached hydrogens (primary N) is 1. The Hall–Kier alpha value is -3.94. The maximum Gasteiger partial charge on any atom is 0.253 e. The number of unbranched alkanes of at least 4 members (excludes halogenated alkanes) is 1. The van der Waals surface area contributed by atoms with Crippen LogP contribution in [0.4, 0.5) is 0 Å². The van der Waals surface area contributed by atoms with Crippen LogP contribution in [-0.2, 0) is 51.2 Å². The Kier molecular flexibility index (Phi) is 16.4. The Morgan fingerprint density at radius 1 is 0.896 bits per heavy atom. The second-order valence-electron chi connectivity index (χ2n) is 12.1. The molecule has 0 saturated heterocycles. The minimum atomic E-state index is -0.785. The summed E-state index contributed by atoms with van der Waals surface area (Å²) in [5.74, 6) is -1.66. The molecule has 2 aliphatic heterocycles. The van der Waals surface area contributed by atoms with Crippen molar-refractivity contribution >= 4 is 35.3 Å². The van der Waals surface area contributed by atoms with E-state index in [1.165, 1.54) is 12.2 Å². The van der Waals surface area contributed by atoms with Crippen LogP contribution in [0.1, 0.15) is 69.9 Å². The molecule has 4 N–H and O–H groups in total. The van der Waals surface area contributed by atoms with Crippen LogP contribution in [0.3, 0.4) is 0 Å². The number of hydrogen-bond donors (Lipinski definition) is 3. The van der Waals surface area contributed by atoms with Crippen molar-refractivity contribution in [2.45, 2.75) is 83.8 Å². The van der Waals surface area contributed by atoms with E-state index in [0.29, 0.717) is 32.4 Å². The van der Waals surface area contributed by atoms with Crippen molar-refractivity contribution in [1.82, 2.24) is 20.4 Å². The van der Waals surface area contributed by atoms with Crippen molar-refractivity contribution in [1.29, 1.82) is 0 Å². The fourth-order valence-electron chi connectivity index (χ4n) is 5.82. The number of benzene rings is 1. The minimum absolute atomic E-state index is 0.00713. The molecule has 48 heavy (non-hydrogen) atoms. The second kappa shape index (κ2) is 20.4. The predicted octanol–water partition coefficient (Wildman–Crippen LogP) is 1.41. The van der Waals surface area contributed by atoms with Crippen LogP contribution in [0.5, 0.6) is 0 Å². The average Bonchev–Trinajstić information content (AvgIpc) is 3.41. The third-order valence-electron chi connectivity index (χ3n) is 8.63. The molecule has 0 saturated carbocycles. The Balaban J connectivity index is 1.28. The SMILES string of the molecule is CCCCC(CC)C(=O)[C@@H]1Cc2ccccc2CN1C(=O)[C@@H](N)CCCNC(=O)COCCOCCNC(=O)CCN1C(=O)C=CC1=O. The molecule has 3 rings (SSSR count). The highest BCUT2D eigenvalue weighted by molar-refractivity contribution is 6.13. The minimum Gasteiger partial charge on any atom is -0.377 e. The first-order chi connectivity index (χ1) is 23.2. The fourth-order valence-corrected chi connectivity index (χ4v) is 5.82. The van der Waals surface area contributed by atoms with E-state index >= 15 is 0 Å². The Morgan fingerprint density at radius 2 is 1.58 bits per heavy atom. The highest BCUT2D eigenvalue weighted by atomic mass is 16.5. The summed E-state index contributed by atoms with van der Waals surface area (Å²) in [5.41, 5.74) is 8.48. The number of carbonyl (C=O) groups excluding carboxylic acids is 6. The van der Waals surface area contributed by atoms with Gasteiger partial charge < -0.3 is 30.7 Å². The van der Waals surface area contributed by atoms with Crippen LogP contribution in [0.2, 0.25) is 0 Å². The normalized spacial score (nSPS) is 16.9. The molecule has 3 atom stereocenters. The van der Waals surface area contributed by atoms with E-state index in [4.69, 9.17) is 15.2 Å². The quantitative estimate of drug-likeness (QED) is 0.122. The molecule has 0 spiro atoms. The molecule has 2 aliphatic rings. The third kappa shape index (κ3) is 11.9. The molecular weight excluding hydrogens is 618 g/mol. The first-order valence-corrected chi connectivity index (χ1v) is 17.0. The monoisotopic (exact) mass is 669 g/mol. The first-order valence-electron chi connectivity index (χ1n) is 17.0. The van der Waals surface area contributed by atoms with Gasteiger partial charge in [0.1, 0.15) is 6.61 Å². The topological polar surface area (TPSA) is 177 Å². The molecule has 1 aromatic carbocycles. The number of amides is 5. The smallest absolute Gasteiger partial charge is 0.253 e. The highest BCUT2D eigenvalue weighted by Gasteiger charge is 2.38.